The number of fused-ring (bicyclic) bond motifs is 1. The second kappa shape index (κ2) is 6.59. The second-order valence-electron chi connectivity index (χ2n) is 6.26. The van der Waals surface area contributed by atoms with Gasteiger partial charge in [-0.25, -0.2) is 9.37 Å². The van der Waals surface area contributed by atoms with E-state index in [9.17, 15) is 14.0 Å². The minimum atomic E-state index is -0.456. The first-order chi connectivity index (χ1) is 12.6. The normalized spacial score (nSPS) is 13.6. The number of rotatable bonds is 5. The Bertz CT molecular complexity index is 994. The van der Waals surface area contributed by atoms with Crippen LogP contribution in [0.4, 0.5) is 4.39 Å². The summed E-state index contributed by atoms with van der Waals surface area (Å²) < 4.78 is 15.3. The summed E-state index contributed by atoms with van der Waals surface area (Å²) in [5.74, 6) is -0.972. The van der Waals surface area contributed by atoms with Gasteiger partial charge in [0.2, 0.25) is 5.82 Å². The number of carbonyl (C=O) groups excluding carboxylic acids is 2. The fraction of sp³-hybridized carbons (Fsp3) is 0.211. The molecule has 26 heavy (non-hydrogen) atoms. The van der Waals surface area contributed by atoms with Crippen molar-refractivity contribution in [2.24, 2.45) is 0 Å². The Hall–Kier alpha value is -3.22. The molecule has 2 heterocycles. The van der Waals surface area contributed by atoms with Gasteiger partial charge in [-0.1, -0.05) is 24.3 Å². The van der Waals surface area contributed by atoms with Crippen LogP contribution in [-0.2, 0) is 6.54 Å². The van der Waals surface area contributed by atoms with Crippen LogP contribution in [0.2, 0.25) is 0 Å². The third-order valence-electron chi connectivity index (χ3n) is 4.28. The first-order valence-corrected chi connectivity index (χ1v) is 8.43. The lowest BCUT2D eigenvalue weighted by Gasteiger charge is -2.05. The van der Waals surface area contributed by atoms with Crippen molar-refractivity contribution in [3.8, 4) is 0 Å². The molecule has 1 aromatic carbocycles. The van der Waals surface area contributed by atoms with Gasteiger partial charge in [-0.05, 0) is 31.0 Å². The summed E-state index contributed by atoms with van der Waals surface area (Å²) in [6.45, 7) is 0.0426. The molecule has 0 saturated heterocycles. The van der Waals surface area contributed by atoms with Crippen LogP contribution in [0.15, 0.2) is 48.7 Å². The molecule has 2 aromatic heterocycles. The zero-order valence-electron chi connectivity index (χ0n) is 13.9. The van der Waals surface area contributed by atoms with Crippen LogP contribution < -0.4 is 10.6 Å². The van der Waals surface area contributed by atoms with Gasteiger partial charge in [0.05, 0.1) is 5.52 Å². The quantitative estimate of drug-likeness (QED) is 0.740. The maximum atomic E-state index is 13.7. The number of hydrogen-bond donors (Lipinski definition) is 2. The number of pyridine rings is 1. The maximum absolute atomic E-state index is 13.7. The zero-order chi connectivity index (χ0) is 18.1. The molecule has 132 valence electrons. The topological polar surface area (TPSA) is 75.5 Å². The highest BCUT2D eigenvalue weighted by Crippen LogP contribution is 2.20. The summed E-state index contributed by atoms with van der Waals surface area (Å²) in [6.07, 6.45) is 3.62. The average Bonchev–Trinajstić information content (AvgIpc) is 3.37. The second-order valence-corrected chi connectivity index (χ2v) is 6.26. The highest BCUT2D eigenvalue weighted by atomic mass is 19.1. The predicted octanol–water partition coefficient (Wildman–Crippen LogP) is 2.30. The Morgan fingerprint density at radius 3 is 2.65 bits per heavy atom. The molecule has 7 heteroatoms. The van der Waals surface area contributed by atoms with Gasteiger partial charge in [0.25, 0.3) is 11.8 Å². The monoisotopic (exact) mass is 352 g/mol. The van der Waals surface area contributed by atoms with E-state index in [2.05, 4.69) is 15.6 Å². The third kappa shape index (κ3) is 3.15. The van der Waals surface area contributed by atoms with E-state index in [-0.39, 0.29) is 35.8 Å². The lowest BCUT2D eigenvalue weighted by Crippen LogP contribution is -2.27. The molecule has 0 spiro atoms. The van der Waals surface area contributed by atoms with E-state index in [1.165, 1.54) is 6.07 Å². The molecule has 1 aliphatic rings. The first-order valence-electron chi connectivity index (χ1n) is 8.43. The highest BCUT2D eigenvalue weighted by Gasteiger charge is 2.27. The zero-order valence-corrected chi connectivity index (χ0v) is 13.9. The Kier molecular flexibility index (Phi) is 4.12. The van der Waals surface area contributed by atoms with Crippen LogP contribution in [0.3, 0.4) is 0 Å². The van der Waals surface area contributed by atoms with Gasteiger partial charge in [-0.2, -0.15) is 0 Å². The van der Waals surface area contributed by atoms with Crippen LogP contribution in [0.1, 0.15) is 39.5 Å². The number of hydrogen-bond acceptors (Lipinski definition) is 3. The van der Waals surface area contributed by atoms with Crippen molar-refractivity contribution in [2.75, 3.05) is 0 Å². The molecule has 0 bridgehead atoms. The van der Waals surface area contributed by atoms with E-state index in [4.69, 9.17) is 0 Å². The van der Waals surface area contributed by atoms with Crippen LogP contribution >= 0.6 is 0 Å². The van der Waals surface area contributed by atoms with E-state index in [1.807, 2.05) is 0 Å². The molecular formula is C19H17FN4O2. The Labute approximate surface area is 149 Å². The van der Waals surface area contributed by atoms with Crippen molar-refractivity contribution in [1.29, 1.82) is 0 Å². The number of halogens is 1. The molecule has 2 N–H and O–H groups in total. The molecule has 2 amide bonds. The van der Waals surface area contributed by atoms with Gasteiger partial charge in [0.15, 0.2) is 5.69 Å². The SMILES string of the molecule is O=C(NCc1ccccc1F)c1nc(C(=O)NC2CC2)n2ccccc12. The van der Waals surface area contributed by atoms with Gasteiger partial charge in [-0.3, -0.25) is 14.0 Å². The maximum Gasteiger partial charge on any atom is 0.287 e. The van der Waals surface area contributed by atoms with Crippen molar-refractivity contribution >= 4 is 17.3 Å². The predicted molar refractivity (Wildman–Crippen MR) is 93.3 cm³/mol. The molecular weight excluding hydrogens is 335 g/mol. The van der Waals surface area contributed by atoms with Crippen LogP contribution in [0.5, 0.6) is 0 Å². The molecule has 3 aromatic rings. The molecule has 0 radical (unpaired) electrons. The number of aromatic nitrogens is 2. The van der Waals surface area contributed by atoms with Crippen molar-refractivity contribution in [3.05, 3.63) is 71.6 Å². The standard InChI is InChI=1S/C19H17FN4O2/c20-14-6-2-1-5-12(14)11-21-18(25)16-15-7-3-4-10-24(15)17(23-16)19(26)22-13-8-9-13/h1-7,10,13H,8-9,11H2,(H,21,25)(H,22,26). The van der Waals surface area contributed by atoms with Gasteiger partial charge in [0.1, 0.15) is 5.82 Å². The van der Waals surface area contributed by atoms with Crippen LogP contribution in [0.25, 0.3) is 5.52 Å². The van der Waals surface area contributed by atoms with E-state index < -0.39 is 5.91 Å². The van der Waals surface area contributed by atoms with Gasteiger partial charge < -0.3 is 10.6 Å². The van der Waals surface area contributed by atoms with Crippen molar-refractivity contribution < 1.29 is 14.0 Å². The van der Waals surface area contributed by atoms with Crippen molar-refractivity contribution in [1.82, 2.24) is 20.0 Å². The Morgan fingerprint density at radius 1 is 1.12 bits per heavy atom. The number of imidazole rings is 1. The first kappa shape index (κ1) is 16.3. The van der Waals surface area contributed by atoms with E-state index in [1.54, 1.807) is 47.0 Å². The Morgan fingerprint density at radius 2 is 1.88 bits per heavy atom. The summed E-state index contributed by atoms with van der Waals surface area (Å²) >= 11 is 0. The minimum absolute atomic E-state index is 0.0426. The fourth-order valence-corrected chi connectivity index (χ4v) is 2.74. The van der Waals surface area contributed by atoms with Gasteiger partial charge in [0, 0.05) is 24.3 Å². The molecule has 0 aliphatic heterocycles. The average molecular weight is 352 g/mol. The summed E-state index contributed by atoms with van der Waals surface area (Å²) in [4.78, 5) is 29.2. The lowest BCUT2D eigenvalue weighted by molar-refractivity contribution is 0.0940. The Balaban J connectivity index is 1.60. The number of nitrogens with zero attached hydrogens (tertiary/aromatic N) is 2. The number of carbonyl (C=O) groups is 2. The van der Waals surface area contributed by atoms with Crippen molar-refractivity contribution in [3.63, 3.8) is 0 Å². The summed E-state index contributed by atoms with van der Waals surface area (Å²) in [5.41, 5.74) is 1.05. The van der Waals surface area contributed by atoms with Gasteiger partial charge in [-0.15, -0.1) is 0 Å². The van der Waals surface area contributed by atoms with Gasteiger partial charge >= 0.3 is 0 Å². The minimum Gasteiger partial charge on any atom is -0.347 e. The lowest BCUT2D eigenvalue weighted by atomic mass is 10.2. The number of benzene rings is 1. The van der Waals surface area contributed by atoms with E-state index in [0.717, 1.165) is 12.8 Å². The molecule has 0 atom stereocenters. The summed E-state index contributed by atoms with van der Waals surface area (Å²) in [6, 6.07) is 11.7. The molecule has 1 aliphatic carbocycles. The molecule has 1 saturated carbocycles. The molecule has 4 rings (SSSR count). The van der Waals surface area contributed by atoms with Crippen LogP contribution in [0, 0.1) is 5.82 Å². The van der Waals surface area contributed by atoms with E-state index in [0.29, 0.717) is 11.1 Å². The molecule has 0 unspecified atom stereocenters. The van der Waals surface area contributed by atoms with Crippen LogP contribution in [-0.4, -0.2) is 27.2 Å². The van der Waals surface area contributed by atoms with Crippen molar-refractivity contribution in [2.45, 2.75) is 25.4 Å². The fourth-order valence-electron chi connectivity index (χ4n) is 2.74. The number of amides is 2. The molecule has 6 nitrogen and oxygen atoms in total. The molecule has 1 fully saturated rings. The number of nitrogens with one attached hydrogen (secondary N) is 2. The third-order valence-corrected chi connectivity index (χ3v) is 4.28. The van der Waals surface area contributed by atoms with E-state index >= 15 is 0 Å². The highest BCUT2D eigenvalue weighted by molar-refractivity contribution is 6.02. The summed E-state index contributed by atoms with van der Waals surface area (Å²) in [7, 11) is 0. The summed E-state index contributed by atoms with van der Waals surface area (Å²) in [5, 5.41) is 5.54. The smallest absolute Gasteiger partial charge is 0.287 e. The largest absolute Gasteiger partial charge is 0.347 e.